The minimum Gasteiger partial charge on any atom is -0.330 e. The zero-order chi connectivity index (χ0) is 9.23. The summed E-state index contributed by atoms with van der Waals surface area (Å²) in [5.41, 5.74) is 6.96. The van der Waals surface area contributed by atoms with Crippen molar-refractivity contribution < 1.29 is 0 Å². The lowest BCUT2D eigenvalue weighted by Gasteiger charge is -2.00. The Morgan fingerprint density at radius 3 is 2.83 bits per heavy atom. The number of rotatable bonds is 2. The molecule has 0 spiro atoms. The van der Waals surface area contributed by atoms with Gasteiger partial charge in [0.1, 0.15) is 0 Å². The average molecular weight is 167 g/mol. The Bertz CT molecular complexity index is 141. The van der Waals surface area contributed by atoms with E-state index < -0.39 is 0 Å². The molecule has 12 heavy (non-hydrogen) atoms. The maximum absolute atomic E-state index is 5.45. The molecule has 0 aromatic carbocycles. The molecular weight excluding hydrogens is 146 g/mol. The molecule has 0 aromatic heterocycles. The zero-order valence-corrected chi connectivity index (χ0v) is 8.34. The fraction of sp³-hybridized carbons (Fsp3) is 0.636. The second-order valence-electron chi connectivity index (χ2n) is 2.68. The highest BCUT2D eigenvalue weighted by molar-refractivity contribution is 5.15. The molecule has 1 aliphatic carbocycles. The van der Waals surface area contributed by atoms with Crippen LogP contribution in [0.25, 0.3) is 0 Å². The molecule has 0 radical (unpaired) electrons. The van der Waals surface area contributed by atoms with Crippen molar-refractivity contribution in [3.63, 3.8) is 0 Å². The normalized spacial score (nSPS) is 15.8. The van der Waals surface area contributed by atoms with Gasteiger partial charge >= 0.3 is 0 Å². The largest absolute Gasteiger partial charge is 0.330 e. The van der Waals surface area contributed by atoms with Crippen LogP contribution >= 0.6 is 0 Å². The average Bonchev–Trinajstić information content (AvgIpc) is 2.37. The molecule has 0 amide bonds. The summed E-state index contributed by atoms with van der Waals surface area (Å²) in [6.45, 7) is 4.79. The molecule has 0 unspecified atom stereocenters. The van der Waals surface area contributed by atoms with Gasteiger partial charge in [-0.2, -0.15) is 0 Å². The predicted octanol–water partition coefficient (Wildman–Crippen LogP) is 3.03. The maximum Gasteiger partial charge on any atom is -0.00398 e. The standard InChI is InChI=1S/C9H15N.C2H6/c10-8-7-9-5-3-1-2-4-6-9;1-2/h1,3,5H,2,4,6-8,10H2;1-2H3. The topological polar surface area (TPSA) is 26.0 Å². The van der Waals surface area contributed by atoms with Crippen LogP contribution in [-0.4, -0.2) is 6.54 Å². The highest BCUT2D eigenvalue weighted by Gasteiger charge is 1.96. The quantitative estimate of drug-likeness (QED) is 0.672. The van der Waals surface area contributed by atoms with Crippen molar-refractivity contribution in [3.8, 4) is 0 Å². The first kappa shape index (κ1) is 11.4. The van der Waals surface area contributed by atoms with Crippen LogP contribution in [0.5, 0.6) is 0 Å². The van der Waals surface area contributed by atoms with Crippen LogP contribution < -0.4 is 5.73 Å². The minimum atomic E-state index is 0.791. The van der Waals surface area contributed by atoms with Gasteiger partial charge in [-0.15, -0.1) is 0 Å². The smallest absolute Gasteiger partial charge is 0.00398 e. The van der Waals surface area contributed by atoms with Crippen molar-refractivity contribution in [3.05, 3.63) is 23.8 Å². The highest BCUT2D eigenvalue weighted by Crippen LogP contribution is 2.14. The summed E-state index contributed by atoms with van der Waals surface area (Å²) in [5, 5.41) is 0. The summed E-state index contributed by atoms with van der Waals surface area (Å²) >= 11 is 0. The lowest BCUT2D eigenvalue weighted by atomic mass is 10.1. The van der Waals surface area contributed by atoms with Gasteiger partial charge < -0.3 is 5.73 Å². The van der Waals surface area contributed by atoms with Crippen molar-refractivity contribution in [2.24, 2.45) is 5.73 Å². The van der Waals surface area contributed by atoms with Crippen LogP contribution in [0, 0.1) is 0 Å². The molecule has 70 valence electrons. The van der Waals surface area contributed by atoms with E-state index in [2.05, 4.69) is 18.2 Å². The van der Waals surface area contributed by atoms with Crippen LogP contribution in [0.15, 0.2) is 23.8 Å². The SMILES string of the molecule is CC.NCCC1=CC=CCCC1. The summed E-state index contributed by atoms with van der Waals surface area (Å²) in [6, 6.07) is 0. The monoisotopic (exact) mass is 167 g/mol. The first-order valence-electron chi connectivity index (χ1n) is 4.98. The van der Waals surface area contributed by atoms with E-state index in [4.69, 9.17) is 5.73 Å². The summed E-state index contributed by atoms with van der Waals surface area (Å²) in [7, 11) is 0. The molecule has 2 N–H and O–H groups in total. The van der Waals surface area contributed by atoms with E-state index in [1.54, 1.807) is 0 Å². The molecule has 0 aliphatic heterocycles. The van der Waals surface area contributed by atoms with E-state index in [0.29, 0.717) is 0 Å². The van der Waals surface area contributed by atoms with E-state index in [1.807, 2.05) is 13.8 Å². The van der Waals surface area contributed by atoms with Gasteiger partial charge in [0, 0.05) is 0 Å². The minimum absolute atomic E-state index is 0.791. The lowest BCUT2D eigenvalue weighted by molar-refractivity contribution is 0.791. The molecule has 0 atom stereocenters. The van der Waals surface area contributed by atoms with Crippen molar-refractivity contribution in [1.82, 2.24) is 0 Å². The first-order chi connectivity index (χ1) is 5.93. The molecule has 0 saturated carbocycles. The molecule has 1 nitrogen and oxygen atoms in total. The van der Waals surface area contributed by atoms with Gasteiger partial charge in [-0.3, -0.25) is 0 Å². The molecule has 1 aliphatic rings. The molecule has 1 heteroatoms. The number of nitrogens with two attached hydrogens (primary N) is 1. The lowest BCUT2D eigenvalue weighted by Crippen LogP contribution is -1.99. The van der Waals surface area contributed by atoms with E-state index >= 15 is 0 Å². The molecule has 0 bridgehead atoms. The summed E-state index contributed by atoms with van der Waals surface area (Å²) in [4.78, 5) is 0. The fourth-order valence-corrected chi connectivity index (χ4v) is 1.22. The Morgan fingerprint density at radius 2 is 2.17 bits per heavy atom. The highest BCUT2D eigenvalue weighted by atomic mass is 14.5. The van der Waals surface area contributed by atoms with Crippen LogP contribution in [0.1, 0.15) is 39.5 Å². The third-order valence-corrected chi connectivity index (χ3v) is 1.80. The van der Waals surface area contributed by atoms with Crippen LogP contribution in [0.3, 0.4) is 0 Å². The summed E-state index contributed by atoms with van der Waals surface area (Å²) in [6.07, 6.45) is 11.4. The summed E-state index contributed by atoms with van der Waals surface area (Å²) < 4.78 is 0. The van der Waals surface area contributed by atoms with Crippen LogP contribution in [-0.2, 0) is 0 Å². The zero-order valence-electron chi connectivity index (χ0n) is 8.34. The van der Waals surface area contributed by atoms with Gasteiger partial charge in [0.2, 0.25) is 0 Å². The van der Waals surface area contributed by atoms with E-state index in [-0.39, 0.29) is 0 Å². The molecular formula is C11H21N. The summed E-state index contributed by atoms with van der Waals surface area (Å²) in [5.74, 6) is 0. The first-order valence-corrected chi connectivity index (χ1v) is 4.98. The fourth-order valence-electron chi connectivity index (χ4n) is 1.22. The van der Waals surface area contributed by atoms with Crippen molar-refractivity contribution in [1.29, 1.82) is 0 Å². The van der Waals surface area contributed by atoms with Gasteiger partial charge in [-0.05, 0) is 32.2 Å². The van der Waals surface area contributed by atoms with Gasteiger partial charge in [0.15, 0.2) is 0 Å². The number of hydrogen-bond acceptors (Lipinski definition) is 1. The molecule has 0 fully saturated rings. The number of hydrogen-bond donors (Lipinski definition) is 1. The molecule has 0 saturated heterocycles. The molecule has 0 aromatic rings. The van der Waals surface area contributed by atoms with Crippen molar-refractivity contribution in [2.45, 2.75) is 39.5 Å². The third kappa shape index (κ3) is 5.14. The van der Waals surface area contributed by atoms with E-state index in [9.17, 15) is 0 Å². The molecule has 1 rings (SSSR count). The second-order valence-corrected chi connectivity index (χ2v) is 2.68. The van der Waals surface area contributed by atoms with Gasteiger partial charge in [0.25, 0.3) is 0 Å². The Balaban J connectivity index is 0.000000561. The van der Waals surface area contributed by atoms with Crippen molar-refractivity contribution >= 4 is 0 Å². The van der Waals surface area contributed by atoms with E-state index in [1.165, 1.54) is 24.8 Å². The van der Waals surface area contributed by atoms with Gasteiger partial charge in [-0.1, -0.05) is 37.6 Å². The van der Waals surface area contributed by atoms with Crippen LogP contribution in [0.4, 0.5) is 0 Å². The van der Waals surface area contributed by atoms with E-state index in [0.717, 1.165) is 13.0 Å². The second kappa shape index (κ2) is 8.54. The number of allylic oxidation sites excluding steroid dienone is 3. The van der Waals surface area contributed by atoms with Gasteiger partial charge in [-0.25, -0.2) is 0 Å². The Morgan fingerprint density at radius 1 is 1.42 bits per heavy atom. The third-order valence-electron chi connectivity index (χ3n) is 1.80. The Kier molecular flexibility index (Phi) is 8.14. The van der Waals surface area contributed by atoms with Gasteiger partial charge in [0.05, 0.1) is 0 Å². The van der Waals surface area contributed by atoms with Crippen LogP contribution in [0.2, 0.25) is 0 Å². The predicted molar refractivity (Wildman–Crippen MR) is 56.1 cm³/mol. The maximum atomic E-state index is 5.45. The molecule has 0 heterocycles. The Labute approximate surface area is 76.3 Å². The Hall–Kier alpha value is -0.560. The van der Waals surface area contributed by atoms with Crippen molar-refractivity contribution in [2.75, 3.05) is 6.54 Å².